The zero-order valence-corrected chi connectivity index (χ0v) is 11.8. The molecule has 1 saturated heterocycles. The van der Waals surface area contributed by atoms with Crippen LogP contribution in [-0.4, -0.2) is 52.9 Å². The van der Waals surface area contributed by atoms with Gasteiger partial charge in [0.25, 0.3) is 5.91 Å². The van der Waals surface area contributed by atoms with E-state index in [1.165, 1.54) is 0 Å². The van der Waals surface area contributed by atoms with Crippen LogP contribution in [0.4, 0.5) is 0 Å². The number of amides is 1. The number of likely N-dealkylation sites (N-methyl/N-ethyl adjacent to an activating group) is 1. The SMILES string of the molecule is Cc1ccc(C(=O)N(C)CC2(O)CCOCC2)n1C. The number of hydrogen-bond acceptors (Lipinski definition) is 3. The van der Waals surface area contributed by atoms with E-state index in [0.29, 0.717) is 38.3 Å². The first-order valence-electron chi connectivity index (χ1n) is 6.61. The first-order valence-corrected chi connectivity index (χ1v) is 6.61. The Balaban J connectivity index is 2.05. The van der Waals surface area contributed by atoms with Crippen LogP contribution in [0.2, 0.25) is 0 Å². The summed E-state index contributed by atoms with van der Waals surface area (Å²) in [6.07, 6.45) is 1.16. The molecule has 0 atom stereocenters. The Morgan fingerprint density at radius 3 is 2.63 bits per heavy atom. The molecule has 0 unspecified atom stereocenters. The Labute approximate surface area is 113 Å². The summed E-state index contributed by atoms with van der Waals surface area (Å²) < 4.78 is 7.11. The van der Waals surface area contributed by atoms with Gasteiger partial charge in [0.1, 0.15) is 5.69 Å². The second-order valence-corrected chi connectivity index (χ2v) is 5.42. The average Bonchev–Trinajstić information content (AvgIpc) is 2.69. The molecular weight excluding hydrogens is 244 g/mol. The van der Waals surface area contributed by atoms with Crippen LogP contribution < -0.4 is 0 Å². The van der Waals surface area contributed by atoms with Crippen molar-refractivity contribution in [1.29, 1.82) is 0 Å². The minimum absolute atomic E-state index is 0.0597. The maximum absolute atomic E-state index is 12.4. The number of hydrogen-bond donors (Lipinski definition) is 1. The highest BCUT2D eigenvalue weighted by atomic mass is 16.5. The van der Waals surface area contributed by atoms with Gasteiger partial charge < -0.3 is 19.3 Å². The van der Waals surface area contributed by atoms with Crippen LogP contribution in [0.5, 0.6) is 0 Å². The van der Waals surface area contributed by atoms with Crippen LogP contribution in [0.25, 0.3) is 0 Å². The molecule has 106 valence electrons. The third kappa shape index (κ3) is 2.98. The lowest BCUT2D eigenvalue weighted by Crippen LogP contribution is -2.47. The fraction of sp³-hybridized carbons (Fsp3) is 0.643. The molecule has 0 bridgehead atoms. The predicted molar refractivity (Wildman–Crippen MR) is 72.1 cm³/mol. The van der Waals surface area contributed by atoms with Crippen molar-refractivity contribution in [2.24, 2.45) is 7.05 Å². The van der Waals surface area contributed by atoms with E-state index in [9.17, 15) is 9.90 Å². The summed E-state index contributed by atoms with van der Waals surface area (Å²) in [5.41, 5.74) is 0.875. The van der Waals surface area contributed by atoms with Crippen molar-refractivity contribution in [1.82, 2.24) is 9.47 Å². The molecule has 5 nitrogen and oxygen atoms in total. The molecule has 0 aliphatic carbocycles. The Morgan fingerprint density at radius 2 is 2.11 bits per heavy atom. The second-order valence-electron chi connectivity index (χ2n) is 5.42. The Kier molecular flexibility index (Phi) is 3.96. The summed E-state index contributed by atoms with van der Waals surface area (Å²) in [5, 5.41) is 10.4. The van der Waals surface area contributed by atoms with Crippen molar-refractivity contribution in [3.05, 3.63) is 23.5 Å². The molecule has 0 aromatic carbocycles. The topological polar surface area (TPSA) is 54.7 Å². The summed E-state index contributed by atoms with van der Waals surface area (Å²) in [6.45, 7) is 3.42. The van der Waals surface area contributed by atoms with Crippen LogP contribution in [0.15, 0.2) is 12.1 Å². The third-order valence-corrected chi connectivity index (χ3v) is 3.89. The van der Waals surface area contributed by atoms with Gasteiger partial charge in [-0.1, -0.05) is 0 Å². The molecule has 1 aliphatic rings. The van der Waals surface area contributed by atoms with Gasteiger partial charge in [0.2, 0.25) is 0 Å². The van der Waals surface area contributed by atoms with E-state index < -0.39 is 5.60 Å². The van der Waals surface area contributed by atoms with Crippen molar-refractivity contribution in [2.75, 3.05) is 26.8 Å². The number of aromatic nitrogens is 1. The predicted octanol–water partition coefficient (Wildman–Crippen LogP) is 0.947. The Bertz CT molecular complexity index is 461. The molecule has 0 spiro atoms. The van der Waals surface area contributed by atoms with E-state index in [1.807, 2.05) is 30.7 Å². The average molecular weight is 266 g/mol. The molecule has 1 fully saturated rings. The summed E-state index contributed by atoms with van der Waals surface area (Å²) in [7, 11) is 3.61. The van der Waals surface area contributed by atoms with E-state index in [0.717, 1.165) is 5.69 Å². The molecule has 1 aromatic heterocycles. The highest BCUT2D eigenvalue weighted by Crippen LogP contribution is 2.22. The van der Waals surface area contributed by atoms with Gasteiger partial charge in [0, 0.05) is 52.4 Å². The van der Waals surface area contributed by atoms with Crippen molar-refractivity contribution in [2.45, 2.75) is 25.4 Å². The summed E-state index contributed by atoms with van der Waals surface area (Å²) in [6, 6.07) is 3.74. The van der Waals surface area contributed by atoms with Crippen LogP contribution in [-0.2, 0) is 11.8 Å². The quantitative estimate of drug-likeness (QED) is 0.886. The lowest BCUT2D eigenvalue weighted by molar-refractivity contribution is -0.0734. The van der Waals surface area contributed by atoms with Gasteiger partial charge in [0.15, 0.2) is 0 Å². The minimum atomic E-state index is -0.817. The number of ether oxygens (including phenoxy) is 1. The molecule has 2 heterocycles. The first kappa shape index (κ1) is 14.1. The Hall–Kier alpha value is -1.33. The van der Waals surface area contributed by atoms with Gasteiger partial charge in [-0.15, -0.1) is 0 Å². The number of carbonyl (C=O) groups excluding carboxylic acids is 1. The van der Waals surface area contributed by atoms with Gasteiger partial charge in [-0.05, 0) is 19.1 Å². The zero-order valence-electron chi connectivity index (χ0n) is 11.8. The largest absolute Gasteiger partial charge is 0.388 e. The van der Waals surface area contributed by atoms with E-state index >= 15 is 0 Å². The molecule has 1 N–H and O–H groups in total. The van der Waals surface area contributed by atoms with E-state index in [2.05, 4.69) is 0 Å². The summed E-state index contributed by atoms with van der Waals surface area (Å²) >= 11 is 0. The van der Waals surface area contributed by atoms with Gasteiger partial charge in [-0.3, -0.25) is 4.79 Å². The molecule has 0 saturated carbocycles. The van der Waals surface area contributed by atoms with E-state index in [4.69, 9.17) is 4.74 Å². The molecule has 0 radical (unpaired) electrons. The lowest BCUT2D eigenvalue weighted by Gasteiger charge is -2.35. The van der Waals surface area contributed by atoms with Crippen LogP contribution >= 0.6 is 0 Å². The van der Waals surface area contributed by atoms with Crippen LogP contribution in [0, 0.1) is 6.92 Å². The fourth-order valence-electron chi connectivity index (χ4n) is 2.45. The van der Waals surface area contributed by atoms with Gasteiger partial charge in [-0.25, -0.2) is 0 Å². The number of aryl methyl sites for hydroxylation is 1. The molecule has 19 heavy (non-hydrogen) atoms. The number of rotatable bonds is 3. The number of nitrogens with zero attached hydrogens (tertiary/aromatic N) is 2. The summed E-state index contributed by atoms with van der Waals surface area (Å²) in [5.74, 6) is -0.0597. The number of aliphatic hydroxyl groups is 1. The molecule has 5 heteroatoms. The maximum atomic E-state index is 12.4. The maximum Gasteiger partial charge on any atom is 0.270 e. The van der Waals surface area contributed by atoms with Crippen molar-refractivity contribution < 1.29 is 14.6 Å². The standard InChI is InChI=1S/C14H22N2O3/c1-11-4-5-12(16(11)3)13(17)15(2)10-14(18)6-8-19-9-7-14/h4-5,18H,6-10H2,1-3H3. The summed E-state index contributed by atoms with van der Waals surface area (Å²) in [4.78, 5) is 14.0. The molecule has 1 amide bonds. The first-order chi connectivity index (χ1) is 8.93. The molecule has 2 rings (SSSR count). The molecule has 1 aromatic rings. The molecule has 1 aliphatic heterocycles. The minimum Gasteiger partial charge on any atom is -0.388 e. The Morgan fingerprint density at radius 1 is 1.47 bits per heavy atom. The zero-order chi connectivity index (χ0) is 14.0. The monoisotopic (exact) mass is 266 g/mol. The normalized spacial score (nSPS) is 18.3. The van der Waals surface area contributed by atoms with Gasteiger partial charge in [-0.2, -0.15) is 0 Å². The second kappa shape index (κ2) is 5.35. The van der Waals surface area contributed by atoms with Crippen molar-refractivity contribution in [3.63, 3.8) is 0 Å². The number of carbonyl (C=O) groups is 1. The highest BCUT2D eigenvalue weighted by molar-refractivity contribution is 5.92. The van der Waals surface area contributed by atoms with Gasteiger partial charge in [0.05, 0.1) is 5.60 Å². The van der Waals surface area contributed by atoms with Crippen molar-refractivity contribution in [3.8, 4) is 0 Å². The highest BCUT2D eigenvalue weighted by Gasteiger charge is 2.32. The molecular formula is C14H22N2O3. The van der Waals surface area contributed by atoms with Crippen LogP contribution in [0.3, 0.4) is 0 Å². The lowest BCUT2D eigenvalue weighted by atomic mass is 9.94. The van der Waals surface area contributed by atoms with Crippen LogP contribution in [0.1, 0.15) is 29.0 Å². The third-order valence-electron chi connectivity index (χ3n) is 3.89. The van der Waals surface area contributed by atoms with Gasteiger partial charge >= 0.3 is 0 Å². The van der Waals surface area contributed by atoms with Crippen molar-refractivity contribution >= 4 is 5.91 Å². The smallest absolute Gasteiger partial charge is 0.270 e. The van der Waals surface area contributed by atoms with E-state index in [1.54, 1.807) is 11.9 Å². The fourth-order valence-corrected chi connectivity index (χ4v) is 2.45. The van der Waals surface area contributed by atoms with E-state index in [-0.39, 0.29) is 5.91 Å².